The maximum atomic E-state index is 10.3. The van der Waals surface area contributed by atoms with Crippen LogP contribution in [0.3, 0.4) is 0 Å². The highest BCUT2D eigenvalue weighted by molar-refractivity contribution is 7.16. The van der Waals surface area contributed by atoms with E-state index in [0.717, 1.165) is 10.6 Å². The summed E-state index contributed by atoms with van der Waals surface area (Å²) < 4.78 is 0. The van der Waals surface area contributed by atoms with Crippen LogP contribution in [-0.4, -0.2) is 11.3 Å². The Balaban J connectivity index is 2.41. The van der Waals surface area contributed by atoms with Crippen molar-refractivity contribution in [2.24, 2.45) is 0 Å². The van der Waals surface area contributed by atoms with Crippen LogP contribution in [0, 0.1) is 0 Å². The molecule has 0 bridgehead atoms. The van der Waals surface area contributed by atoms with Gasteiger partial charge in [0.15, 0.2) is 0 Å². The summed E-state index contributed by atoms with van der Waals surface area (Å²) in [5.74, 6) is 0. The first kappa shape index (κ1) is 8.13. The van der Waals surface area contributed by atoms with Crippen LogP contribution in [0.4, 0.5) is 0 Å². The molecule has 0 spiro atoms. The van der Waals surface area contributed by atoms with E-state index in [-0.39, 0.29) is 0 Å². The van der Waals surface area contributed by atoms with Gasteiger partial charge in [-0.25, -0.2) is 4.98 Å². The van der Waals surface area contributed by atoms with E-state index in [2.05, 4.69) is 4.98 Å². The molecule has 2 nitrogen and oxygen atoms in total. The highest BCUT2D eigenvalue weighted by atomic mass is 32.1. The molecule has 1 radical (unpaired) electrons. The highest BCUT2D eigenvalue weighted by Gasteiger charge is 2.02. The van der Waals surface area contributed by atoms with Crippen molar-refractivity contribution in [1.29, 1.82) is 0 Å². The summed E-state index contributed by atoms with van der Waals surface area (Å²) in [6, 6.07) is 9.77. The van der Waals surface area contributed by atoms with E-state index >= 15 is 0 Å². The molecule has 1 heterocycles. The average molecular weight is 188 g/mol. The Labute approximate surface area is 79.9 Å². The van der Waals surface area contributed by atoms with E-state index in [9.17, 15) is 4.79 Å². The van der Waals surface area contributed by atoms with Gasteiger partial charge in [0.2, 0.25) is 6.29 Å². The van der Waals surface area contributed by atoms with Gasteiger partial charge in [0.1, 0.15) is 5.01 Å². The van der Waals surface area contributed by atoms with Crippen LogP contribution in [0.15, 0.2) is 36.5 Å². The van der Waals surface area contributed by atoms with Gasteiger partial charge in [0, 0.05) is 11.8 Å². The van der Waals surface area contributed by atoms with Crippen molar-refractivity contribution >= 4 is 17.6 Å². The van der Waals surface area contributed by atoms with Gasteiger partial charge in [0.05, 0.1) is 4.88 Å². The number of rotatable bonds is 2. The Morgan fingerprint density at radius 1 is 1.23 bits per heavy atom. The van der Waals surface area contributed by atoms with E-state index in [0.29, 0.717) is 4.88 Å². The molecule has 0 N–H and O–H groups in total. The molecule has 0 amide bonds. The molecule has 0 aliphatic carbocycles. The third-order valence-electron chi connectivity index (χ3n) is 1.63. The maximum Gasteiger partial charge on any atom is 0.245 e. The summed E-state index contributed by atoms with van der Waals surface area (Å²) in [7, 11) is 0. The van der Waals surface area contributed by atoms with Crippen molar-refractivity contribution in [1.82, 2.24) is 4.98 Å². The van der Waals surface area contributed by atoms with E-state index in [4.69, 9.17) is 0 Å². The van der Waals surface area contributed by atoms with Crippen molar-refractivity contribution in [3.8, 4) is 10.6 Å². The molecule has 0 aliphatic heterocycles. The monoisotopic (exact) mass is 188 g/mol. The third kappa shape index (κ3) is 1.65. The fraction of sp³-hybridized carbons (Fsp3) is 0. The summed E-state index contributed by atoms with van der Waals surface area (Å²) in [6.45, 7) is 0. The van der Waals surface area contributed by atoms with Crippen LogP contribution < -0.4 is 0 Å². The number of carbonyl (C=O) groups excluding carboxylic acids is 1. The minimum Gasteiger partial charge on any atom is -0.284 e. The quantitative estimate of drug-likeness (QED) is 0.723. The lowest BCUT2D eigenvalue weighted by Gasteiger charge is -1.92. The number of benzene rings is 1. The molecule has 0 saturated carbocycles. The topological polar surface area (TPSA) is 30.0 Å². The first-order valence-corrected chi connectivity index (χ1v) is 4.61. The predicted octanol–water partition coefficient (Wildman–Crippen LogP) is 2.27. The minimum atomic E-state index is 0.541. The first-order valence-electron chi connectivity index (χ1n) is 3.79. The summed E-state index contributed by atoms with van der Waals surface area (Å²) in [5.41, 5.74) is 1.04. The largest absolute Gasteiger partial charge is 0.284 e. The van der Waals surface area contributed by atoms with Gasteiger partial charge in [0.25, 0.3) is 0 Å². The molecule has 0 unspecified atom stereocenters. The molecule has 3 heteroatoms. The van der Waals surface area contributed by atoms with Gasteiger partial charge >= 0.3 is 0 Å². The smallest absolute Gasteiger partial charge is 0.245 e. The van der Waals surface area contributed by atoms with Crippen molar-refractivity contribution in [2.45, 2.75) is 0 Å². The van der Waals surface area contributed by atoms with Crippen LogP contribution in [0.2, 0.25) is 0 Å². The predicted molar refractivity (Wildman–Crippen MR) is 52.3 cm³/mol. The van der Waals surface area contributed by atoms with E-state index in [1.54, 1.807) is 6.20 Å². The molecule has 1 aromatic carbocycles. The van der Waals surface area contributed by atoms with E-state index in [1.807, 2.05) is 36.6 Å². The van der Waals surface area contributed by atoms with Gasteiger partial charge in [-0.15, -0.1) is 11.3 Å². The Kier molecular flexibility index (Phi) is 2.19. The lowest BCUT2D eigenvalue weighted by atomic mass is 10.2. The zero-order valence-corrected chi connectivity index (χ0v) is 7.54. The molecule has 0 saturated heterocycles. The lowest BCUT2D eigenvalue weighted by Crippen LogP contribution is -1.71. The minimum absolute atomic E-state index is 0.541. The number of thiazole rings is 1. The summed E-state index contributed by atoms with van der Waals surface area (Å²) in [4.78, 5) is 15.0. The number of hydrogen-bond acceptors (Lipinski definition) is 3. The fourth-order valence-corrected chi connectivity index (χ4v) is 1.75. The second-order valence-corrected chi connectivity index (χ2v) is 3.53. The molecule has 0 atom stereocenters. The van der Waals surface area contributed by atoms with Crippen LogP contribution in [-0.2, 0) is 4.79 Å². The molecule has 0 fully saturated rings. The van der Waals surface area contributed by atoms with Gasteiger partial charge in [-0.3, -0.25) is 4.79 Å². The maximum absolute atomic E-state index is 10.3. The molecule has 2 aromatic rings. The summed E-state index contributed by atoms with van der Waals surface area (Å²) >= 11 is 1.35. The molecule has 13 heavy (non-hydrogen) atoms. The van der Waals surface area contributed by atoms with Crippen molar-refractivity contribution in [3.63, 3.8) is 0 Å². The Bertz CT molecular complexity index is 408. The Hall–Kier alpha value is -1.48. The highest BCUT2D eigenvalue weighted by Crippen LogP contribution is 2.23. The molecule has 1 aromatic heterocycles. The Morgan fingerprint density at radius 3 is 2.62 bits per heavy atom. The normalized spacial score (nSPS) is 9.85. The SMILES string of the molecule is O=[C]c1cnc(-c2ccccc2)s1. The second-order valence-electron chi connectivity index (χ2n) is 2.50. The Morgan fingerprint density at radius 2 is 2.00 bits per heavy atom. The van der Waals surface area contributed by atoms with Crippen molar-refractivity contribution in [3.05, 3.63) is 41.4 Å². The van der Waals surface area contributed by atoms with Crippen LogP contribution in [0.1, 0.15) is 4.88 Å². The van der Waals surface area contributed by atoms with Crippen LogP contribution in [0.25, 0.3) is 10.6 Å². The zero-order chi connectivity index (χ0) is 9.10. The molecule has 2 rings (SSSR count). The first-order chi connectivity index (χ1) is 6.40. The number of nitrogens with zero attached hydrogens (tertiary/aromatic N) is 1. The number of hydrogen-bond donors (Lipinski definition) is 0. The van der Waals surface area contributed by atoms with Crippen molar-refractivity contribution < 1.29 is 4.79 Å². The van der Waals surface area contributed by atoms with Gasteiger partial charge in [-0.1, -0.05) is 30.3 Å². The van der Waals surface area contributed by atoms with Gasteiger partial charge in [-0.05, 0) is 0 Å². The zero-order valence-electron chi connectivity index (χ0n) is 6.73. The van der Waals surface area contributed by atoms with Crippen LogP contribution in [0.5, 0.6) is 0 Å². The lowest BCUT2D eigenvalue weighted by molar-refractivity contribution is 0.563. The molecular formula is C10H6NOS. The van der Waals surface area contributed by atoms with Gasteiger partial charge < -0.3 is 0 Å². The van der Waals surface area contributed by atoms with Crippen molar-refractivity contribution in [2.75, 3.05) is 0 Å². The summed E-state index contributed by atoms with van der Waals surface area (Å²) in [5, 5.41) is 0.860. The molecule has 0 aliphatic rings. The second kappa shape index (κ2) is 3.49. The standard InChI is InChI=1S/C10H6NOS/c12-7-9-6-11-10(13-9)8-4-2-1-3-5-8/h1-6H. The van der Waals surface area contributed by atoms with E-state index in [1.165, 1.54) is 11.3 Å². The fourth-order valence-electron chi connectivity index (χ4n) is 1.04. The number of aromatic nitrogens is 1. The molecule has 63 valence electrons. The third-order valence-corrected chi connectivity index (χ3v) is 2.57. The van der Waals surface area contributed by atoms with E-state index < -0.39 is 0 Å². The van der Waals surface area contributed by atoms with Crippen LogP contribution >= 0.6 is 11.3 Å². The summed E-state index contributed by atoms with van der Waals surface area (Å²) in [6.07, 6.45) is 3.36. The average Bonchev–Trinajstić information content (AvgIpc) is 2.67. The van der Waals surface area contributed by atoms with Gasteiger partial charge in [-0.2, -0.15) is 0 Å². The molecular weight excluding hydrogens is 182 g/mol.